The van der Waals surface area contributed by atoms with Crippen molar-refractivity contribution in [3.63, 3.8) is 0 Å². The zero-order chi connectivity index (χ0) is 36.1. The quantitative estimate of drug-likeness (QED) is 0.159. The average molecular weight is 692 g/mol. The van der Waals surface area contributed by atoms with Crippen molar-refractivity contribution in [1.82, 2.24) is 24.9 Å². The number of benzene rings is 5. The smallest absolute Gasteiger partial charge is 0.160 e. The number of pyridine rings is 3. The van der Waals surface area contributed by atoms with Crippen LogP contribution in [0, 0.1) is 0 Å². The molecule has 54 heavy (non-hydrogen) atoms. The van der Waals surface area contributed by atoms with Gasteiger partial charge in [0.15, 0.2) is 5.82 Å². The SMILES string of the molecule is c1ccc(-c2cc(-c3ccccn3)nc(-c3cccc(-c4ccc(-c5ccc(-c6nc(-c7ccccc7)cc(-c7ccccc7)n6)cc5)cc4)n3)c2)cc1. The maximum Gasteiger partial charge on any atom is 0.160 e. The minimum absolute atomic E-state index is 0.694. The molecule has 4 heterocycles. The van der Waals surface area contributed by atoms with Gasteiger partial charge < -0.3 is 0 Å². The van der Waals surface area contributed by atoms with E-state index >= 15 is 0 Å². The Morgan fingerprint density at radius 1 is 0.222 bits per heavy atom. The van der Waals surface area contributed by atoms with Crippen LogP contribution in [0.2, 0.25) is 0 Å². The predicted molar refractivity (Wildman–Crippen MR) is 219 cm³/mol. The normalized spacial score (nSPS) is 11.0. The summed E-state index contributed by atoms with van der Waals surface area (Å²) in [6, 6.07) is 66.1. The highest BCUT2D eigenvalue weighted by Gasteiger charge is 2.13. The van der Waals surface area contributed by atoms with Crippen molar-refractivity contribution in [2.45, 2.75) is 0 Å². The summed E-state index contributed by atoms with van der Waals surface area (Å²) in [7, 11) is 0. The van der Waals surface area contributed by atoms with Crippen LogP contribution in [0.3, 0.4) is 0 Å². The molecule has 0 aliphatic carbocycles. The zero-order valence-corrected chi connectivity index (χ0v) is 29.3. The van der Waals surface area contributed by atoms with Gasteiger partial charge in [-0.1, -0.05) is 152 Å². The van der Waals surface area contributed by atoms with Gasteiger partial charge in [0, 0.05) is 28.5 Å². The van der Waals surface area contributed by atoms with Crippen LogP contribution in [0.25, 0.3) is 90.2 Å². The van der Waals surface area contributed by atoms with Crippen molar-refractivity contribution in [3.8, 4) is 90.2 Å². The van der Waals surface area contributed by atoms with Crippen molar-refractivity contribution in [2.75, 3.05) is 0 Å². The van der Waals surface area contributed by atoms with Crippen molar-refractivity contribution >= 4 is 0 Å². The first-order valence-electron chi connectivity index (χ1n) is 17.9. The van der Waals surface area contributed by atoms with Gasteiger partial charge in [-0.2, -0.15) is 0 Å². The monoisotopic (exact) mass is 691 g/mol. The van der Waals surface area contributed by atoms with Gasteiger partial charge in [-0.05, 0) is 64.7 Å². The number of hydrogen-bond donors (Lipinski definition) is 0. The molecule has 9 aromatic rings. The van der Waals surface area contributed by atoms with Gasteiger partial charge in [0.25, 0.3) is 0 Å². The Morgan fingerprint density at radius 2 is 0.648 bits per heavy atom. The van der Waals surface area contributed by atoms with Crippen LogP contribution < -0.4 is 0 Å². The van der Waals surface area contributed by atoms with Gasteiger partial charge >= 0.3 is 0 Å². The standard InChI is InChI=1S/C49H33N5/c1-4-13-34(14-5-1)41-31-47(43-19-10-11-30-50-43)52-48(32-41)44-21-12-20-42(51-44)39-26-22-35(23-27-39)36-24-28-40(29-25-36)49-53-45(37-15-6-2-7-16-37)33-46(54-49)38-17-8-3-9-18-38/h1-33H. The predicted octanol–water partition coefficient (Wildman–Crippen LogP) is 12.0. The molecule has 0 aliphatic heterocycles. The summed E-state index contributed by atoms with van der Waals surface area (Å²) in [4.78, 5) is 24.7. The summed E-state index contributed by atoms with van der Waals surface area (Å²) in [5, 5.41) is 0. The molecule has 0 unspecified atom stereocenters. The Hall–Kier alpha value is -7.37. The van der Waals surface area contributed by atoms with Crippen LogP contribution in [0.15, 0.2) is 200 Å². The highest BCUT2D eigenvalue weighted by molar-refractivity contribution is 5.77. The van der Waals surface area contributed by atoms with E-state index in [1.165, 1.54) is 0 Å². The summed E-state index contributed by atoms with van der Waals surface area (Å²) in [5.41, 5.74) is 14.4. The molecule has 5 aromatic carbocycles. The van der Waals surface area contributed by atoms with E-state index in [4.69, 9.17) is 19.9 Å². The van der Waals surface area contributed by atoms with Crippen LogP contribution in [0.4, 0.5) is 0 Å². The molecule has 0 N–H and O–H groups in total. The molecule has 5 heteroatoms. The lowest BCUT2D eigenvalue weighted by molar-refractivity contribution is 1.18. The van der Waals surface area contributed by atoms with Crippen LogP contribution >= 0.6 is 0 Å². The summed E-state index contributed by atoms with van der Waals surface area (Å²) < 4.78 is 0. The van der Waals surface area contributed by atoms with E-state index in [1.807, 2.05) is 91.0 Å². The van der Waals surface area contributed by atoms with Crippen LogP contribution in [0.1, 0.15) is 0 Å². The molecule has 0 saturated carbocycles. The summed E-state index contributed by atoms with van der Waals surface area (Å²) in [6.07, 6.45) is 1.80. The minimum Gasteiger partial charge on any atom is -0.255 e. The summed E-state index contributed by atoms with van der Waals surface area (Å²) in [5.74, 6) is 0.694. The molecule has 254 valence electrons. The third-order valence-electron chi connectivity index (χ3n) is 9.39. The van der Waals surface area contributed by atoms with Gasteiger partial charge in [-0.25, -0.2) is 19.9 Å². The van der Waals surface area contributed by atoms with Gasteiger partial charge in [0.05, 0.1) is 39.9 Å². The first kappa shape index (κ1) is 32.5. The molecular formula is C49H33N5. The molecule has 0 spiro atoms. The zero-order valence-electron chi connectivity index (χ0n) is 29.3. The molecule has 0 bridgehead atoms. The molecule has 0 radical (unpaired) electrons. The third kappa shape index (κ3) is 6.94. The summed E-state index contributed by atoms with van der Waals surface area (Å²) in [6.45, 7) is 0. The first-order valence-corrected chi connectivity index (χ1v) is 17.9. The average Bonchev–Trinajstić information content (AvgIpc) is 3.27. The molecule has 0 fully saturated rings. The highest BCUT2D eigenvalue weighted by Crippen LogP contribution is 2.32. The molecular weight excluding hydrogens is 659 g/mol. The second-order valence-corrected chi connectivity index (χ2v) is 13.0. The lowest BCUT2D eigenvalue weighted by Gasteiger charge is -2.11. The van der Waals surface area contributed by atoms with Gasteiger partial charge in [0.1, 0.15) is 0 Å². The first-order chi connectivity index (χ1) is 26.7. The summed E-state index contributed by atoms with van der Waals surface area (Å²) >= 11 is 0. The van der Waals surface area contributed by atoms with Crippen molar-refractivity contribution in [2.24, 2.45) is 0 Å². The molecule has 0 atom stereocenters. The maximum atomic E-state index is 5.09. The van der Waals surface area contributed by atoms with Crippen LogP contribution in [-0.4, -0.2) is 24.9 Å². The van der Waals surface area contributed by atoms with Gasteiger partial charge in [-0.3, -0.25) is 4.98 Å². The van der Waals surface area contributed by atoms with E-state index < -0.39 is 0 Å². The highest BCUT2D eigenvalue weighted by atomic mass is 14.9. The largest absolute Gasteiger partial charge is 0.255 e. The second kappa shape index (κ2) is 14.7. The van der Waals surface area contributed by atoms with Crippen molar-refractivity contribution in [3.05, 3.63) is 200 Å². The second-order valence-electron chi connectivity index (χ2n) is 13.0. The van der Waals surface area contributed by atoms with Gasteiger partial charge in [0.2, 0.25) is 0 Å². The number of rotatable bonds is 8. The van der Waals surface area contributed by atoms with E-state index in [9.17, 15) is 0 Å². The lowest BCUT2D eigenvalue weighted by Crippen LogP contribution is -1.96. The molecule has 0 aliphatic rings. The fourth-order valence-electron chi connectivity index (χ4n) is 6.58. The minimum atomic E-state index is 0.694. The van der Waals surface area contributed by atoms with E-state index in [0.29, 0.717) is 5.82 Å². The van der Waals surface area contributed by atoms with E-state index in [1.54, 1.807) is 6.20 Å². The number of hydrogen-bond acceptors (Lipinski definition) is 5. The molecule has 5 nitrogen and oxygen atoms in total. The Morgan fingerprint density at radius 3 is 1.22 bits per heavy atom. The Balaban J connectivity index is 1.00. The van der Waals surface area contributed by atoms with E-state index in [2.05, 4.69) is 108 Å². The molecule has 9 rings (SSSR count). The molecule has 0 saturated heterocycles. The third-order valence-corrected chi connectivity index (χ3v) is 9.39. The topological polar surface area (TPSA) is 64.5 Å². The van der Waals surface area contributed by atoms with E-state index in [-0.39, 0.29) is 0 Å². The van der Waals surface area contributed by atoms with Crippen molar-refractivity contribution in [1.29, 1.82) is 0 Å². The fraction of sp³-hybridized carbons (Fsp3) is 0. The Kier molecular flexibility index (Phi) is 8.86. The maximum absolute atomic E-state index is 5.09. The van der Waals surface area contributed by atoms with Gasteiger partial charge in [-0.15, -0.1) is 0 Å². The lowest BCUT2D eigenvalue weighted by atomic mass is 10.0. The van der Waals surface area contributed by atoms with Crippen LogP contribution in [-0.2, 0) is 0 Å². The van der Waals surface area contributed by atoms with Crippen molar-refractivity contribution < 1.29 is 0 Å². The fourth-order valence-corrected chi connectivity index (χ4v) is 6.58. The Bertz CT molecular complexity index is 2550. The van der Waals surface area contributed by atoms with E-state index in [0.717, 1.165) is 84.4 Å². The number of aromatic nitrogens is 5. The number of nitrogens with zero attached hydrogens (tertiary/aromatic N) is 5. The molecule has 4 aromatic heterocycles. The Labute approximate surface area is 314 Å². The van der Waals surface area contributed by atoms with Crippen LogP contribution in [0.5, 0.6) is 0 Å². The molecule has 0 amide bonds.